The van der Waals surface area contributed by atoms with Crippen molar-refractivity contribution >= 4 is 11.8 Å². The van der Waals surface area contributed by atoms with Crippen LogP contribution in [0.25, 0.3) is 0 Å². The van der Waals surface area contributed by atoms with E-state index in [2.05, 4.69) is 0 Å². The van der Waals surface area contributed by atoms with Gasteiger partial charge in [-0.1, -0.05) is 19.1 Å². The zero-order valence-electron chi connectivity index (χ0n) is 16.8. The molecule has 1 atom stereocenters. The molecule has 1 fully saturated rings. The summed E-state index contributed by atoms with van der Waals surface area (Å²) in [5, 5.41) is 0. The fourth-order valence-electron chi connectivity index (χ4n) is 3.68. The largest absolute Gasteiger partial charge is 0.416 e. The molecule has 0 bridgehead atoms. The molecule has 156 valence electrons. The summed E-state index contributed by atoms with van der Waals surface area (Å²) in [6.45, 7) is 8.26. The van der Waals surface area contributed by atoms with Gasteiger partial charge in [0.2, 0.25) is 11.8 Å². The molecule has 0 radical (unpaired) electrons. The van der Waals surface area contributed by atoms with E-state index in [4.69, 9.17) is 0 Å². The van der Waals surface area contributed by atoms with Crippen molar-refractivity contribution in [2.75, 3.05) is 26.2 Å². The van der Waals surface area contributed by atoms with Crippen molar-refractivity contribution in [1.82, 2.24) is 9.80 Å². The first kappa shape index (κ1) is 22.2. The lowest BCUT2D eigenvalue weighted by atomic mass is 9.93. The Balaban J connectivity index is 1.87. The first-order valence-electron chi connectivity index (χ1n) is 9.91. The number of likely N-dealkylation sites (tertiary alicyclic amines) is 1. The molecule has 1 aromatic carbocycles. The third-order valence-electron chi connectivity index (χ3n) is 5.56. The van der Waals surface area contributed by atoms with Gasteiger partial charge in [0.25, 0.3) is 0 Å². The highest BCUT2D eigenvalue weighted by Gasteiger charge is 2.31. The van der Waals surface area contributed by atoms with Crippen molar-refractivity contribution in [2.45, 2.75) is 52.1 Å². The number of hydrogen-bond donors (Lipinski definition) is 0. The lowest BCUT2D eigenvalue weighted by Crippen LogP contribution is -2.44. The molecule has 1 aromatic rings. The fourth-order valence-corrected chi connectivity index (χ4v) is 3.68. The van der Waals surface area contributed by atoms with Crippen LogP contribution in [0.1, 0.15) is 57.1 Å². The number of piperidine rings is 1. The van der Waals surface area contributed by atoms with E-state index in [0.717, 1.165) is 12.1 Å². The molecule has 7 heteroatoms. The van der Waals surface area contributed by atoms with Crippen molar-refractivity contribution in [3.8, 4) is 0 Å². The zero-order chi connectivity index (χ0) is 20.9. The maximum Gasteiger partial charge on any atom is 0.416 e. The predicted octanol–water partition coefficient (Wildman–Crippen LogP) is 4.31. The SMILES string of the molecule is CCN(CC)C(=O)C1CCN(C(=O)CC(C)c2ccc(C(F)(F)F)cc2)CC1. The Morgan fingerprint density at radius 2 is 1.64 bits per heavy atom. The van der Waals surface area contributed by atoms with E-state index >= 15 is 0 Å². The van der Waals surface area contributed by atoms with E-state index in [0.29, 0.717) is 44.6 Å². The standard InChI is InChI=1S/C21H29F3N2O2/c1-4-25(5-2)20(28)17-10-12-26(13-11-17)19(27)14-15(3)16-6-8-18(9-7-16)21(22,23)24/h6-9,15,17H,4-5,10-14H2,1-3H3. The topological polar surface area (TPSA) is 40.6 Å². The van der Waals surface area contributed by atoms with E-state index in [1.54, 1.807) is 4.90 Å². The van der Waals surface area contributed by atoms with Crippen LogP contribution in [0.5, 0.6) is 0 Å². The quantitative estimate of drug-likeness (QED) is 0.717. The fraction of sp³-hybridized carbons (Fsp3) is 0.619. The number of carbonyl (C=O) groups is 2. The van der Waals surface area contributed by atoms with Crippen LogP contribution in [0.4, 0.5) is 13.2 Å². The molecule has 1 aliphatic rings. The van der Waals surface area contributed by atoms with Gasteiger partial charge in [-0.25, -0.2) is 0 Å². The van der Waals surface area contributed by atoms with Gasteiger partial charge in [-0.15, -0.1) is 0 Å². The Morgan fingerprint density at radius 1 is 1.11 bits per heavy atom. The maximum absolute atomic E-state index is 12.7. The van der Waals surface area contributed by atoms with Gasteiger partial charge in [0, 0.05) is 38.5 Å². The number of rotatable bonds is 6. The number of amides is 2. The molecule has 1 saturated heterocycles. The maximum atomic E-state index is 12.7. The van der Waals surface area contributed by atoms with E-state index < -0.39 is 11.7 Å². The summed E-state index contributed by atoms with van der Waals surface area (Å²) in [6.07, 6.45) is -2.78. The van der Waals surface area contributed by atoms with Crippen molar-refractivity contribution in [1.29, 1.82) is 0 Å². The lowest BCUT2D eigenvalue weighted by molar-refractivity contribution is -0.140. The number of alkyl halides is 3. The summed E-state index contributed by atoms with van der Waals surface area (Å²) in [6, 6.07) is 4.99. The number of hydrogen-bond acceptors (Lipinski definition) is 2. The Labute approximate surface area is 164 Å². The second kappa shape index (κ2) is 9.43. The van der Waals surface area contributed by atoms with Gasteiger partial charge >= 0.3 is 6.18 Å². The summed E-state index contributed by atoms with van der Waals surface area (Å²) >= 11 is 0. The number of benzene rings is 1. The molecule has 0 spiro atoms. The van der Waals surface area contributed by atoms with E-state index in [-0.39, 0.29) is 30.1 Å². The molecule has 0 aromatic heterocycles. The monoisotopic (exact) mass is 398 g/mol. The molecule has 28 heavy (non-hydrogen) atoms. The molecule has 1 aliphatic heterocycles. The second-order valence-corrected chi connectivity index (χ2v) is 7.39. The third kappa shape index (κ3) is 5.49. The molecular formula is C21H29F3N2O2. The van der Waals surface area contributed by atoms with Crippen LogP contribution in [0.15, 0.2) is 24.3 Å². The minimum absolute atomic E-state index is 0.0128. The third-order valence-corrected chi connectivity index (χ3v) is 5.56. The van der Waals surface area contributed by atoms with Crippen molar-refractivity contribution in [3.63, 3.8) is 0 Å². The lowest BCUT2D eigenvalue weighted by Gasteiger charge is -2.34. The minimum atomic E-state index is -4.36. The Morgan fingerprint density at radius 3 is 2.11 bits per heavy atom. The molecule has 2 amide bonds. The van der Waals surface area contributed by atoms with Crippen molar-refractivity contribution in [2.24, 2.45) is 5.92 Å². The Bertz CT molecular complexity index is 661. The second-order valence-electron chi connectivity index (χ2n) is 7.39. The zero-order valence-corrected chi connectivity index (χ0v) is 16.8. The molecule has 1 heterocycles. The highest BCUT2D eigenvalue weighted by molar-refractivity contribution is 5.80. The van der Waals surface area contributed by atoms with Gasteiger partial charge < -0.3 is 9.80 Å². The Hall–Kier alpha value is -2.05. The number of nitrogens with zero attached hydrogens (tertiary/aromatic N) is 2. The number of carbonyl (C=O) groups excluding carboxylic acids is 2. The molecule has 4 nitrogen and oxygen atoms in total. The van der Waals surface area contributed by atoms with Crippen LogP contribution < -0.4 is 0 Å². The van der Waals surface area contributed by atoms with Crippen LogP contribution in [0.3, 0.4) is 0 Å². The van der Waals surface area contributed by atoms with Crippen LogP contribution in [-0.4, -0.2) is 47.8 Å². The summed E-state index contributed by atoms with van der Waals surface area (Å²) in [4.78, 5) is 28.6. The molecule has 0 N–H and O–H groups in total. The molecular weight excluding hydrogens is 369 g/mol. The smallest absolute Gasteiger partial charge is 0.343 e. The summed E-state index contributed by atoms with van der Waals surface area (Å²) in [5.74, 6) is -0.0440. The van der Waals surface area contributed by atoms with E-state index in [9.17, 15) is 22.8 Å². The summed E-state index contributed by atoms with van der Waals surface area (Å²) in [7, 11) is 0. The van der Waals surface area contributed by atoms with Crippen LogP contribution in [-0.2, 0) is 15.8 Å². The highest BCUT2D eigenvalue weighted by atomic mass is 19.4. The molecule has 2 rings (SSSR count). The molecule has 1 unspecified atom stereocenters. The van der Waals surface area contributed by atoms with Gasteiger partial charge in [0.1, 0.15) is 0 Å². The first-order chi connectivity index (χ1) is 13.2. The normalized spacial score (nSPS) is 16.7. The number of halogens is 3. The molecule has 0 aliphatic carbocycles. The summed E-state index contributed by atoms with van der Waals surface area (Å²) < 4.78 is 38.0. The minimum Gasteiger partial charge on any atom is -0.343 e. The van der Waals surface area contributed by atoms with Crippen LogP contribution >= 0.6 is 0 Å². The van der Waals surface area contributed by atoms with Crippen LogP contribution in [0, 0.1) is 5.92 Å². The average molecular weight is 398 g/mol. The van der Waals surface area contributed by atoms with Gasteiger partial charge in [-0.05, 0) is 50.3 Å². The highest BCUT2D eigenvalue weighted by Crippen LogP contribution is 2.31. The summed E-state index contributed by atoms with van der Waals surface area (Å²) in [5.41, 5.74) is 0.0302. The predicted molar refractivity (Wildman–Crippen MR) is 102 cm³/mol. The Kier molecular flexibility index (Phi) is 7.49. The average Bonchev–Trinajstić information content (AvgIpc) is 2.68. The van der Waals surface area contributed by atoms with E-state index in [1.807, 2.05) is 25.7 Å². The molecule has 0 saturated carbocycles. The van der Waals surface area contributed by atoms with E-state index in [1.165, 1.54) is 12.1 Å². The van der Waals surface area contributed by atoms with Crippen molar-refractivity contribution in [3.05, 3.63) is 35.4 Å². The van der Waals surface area contributed by atoms with Gasteiger partial charge in [-0.2, -0.15) is 13.2 Å². The van der Waals surface area contributed by atoms with Crippen molar-refractivity contribution < 1.29 is 22.8 Å². The van der Waals surface area contributed by atoms with Gasteiger partial charge in [0.15, 0.2) is 0 Å². The van der Waals surface area contributed by atoms with Crippen LogP contribution in [0.2, 0.25) is 0 Å². The van der Waals surface area contributed by atoms with Gasteiger partial charge in [-0.3, -0.25) is 9.59 Å². The first-order valence-corrected chi connectivity index (χ1v) is 9.91. The van der Waals surface area contributed by atoms with Gasteiger partial charge in [0.05, 0.1) is 5.56 Å².